The Bertz CT molecular complexity index is 322. The highest BCUT2D eigenvalue weighted by Gasteiger charge is 2.23. The van der Waals surface area contributed by atoms with Gasteiger partial charge in [0.15, 0.2) is 6.29 Å². The first-order valence-electron chi connectivity index (χ1n) is 5.32. The lowest BCUT2D eigenvalue weighted by Crippen LogP contribution is -2.12. The average Bonchev–Trinajstić information content (AvgIpc) is 2.73. The number of methoxy groups -OCH3 is 1. The van der Waals surface area contributed by atoms with Crippen molar-refractivity contribution in [2.45, 2.75) is 25.4 Å². The highest BCUT2D eigenvalue weighted by Crippen LogP contribution is 2.17. The fourth-order valence-corrected chi connectivity index (χ4v) is 1.63. The van der Waals surface area contributed by atoms with E-state index < -0.39 is 6.29 Å². The van der Waals surface area contributed by atoms with Gasteiger partial charge in [-0.25, -0.2) is 0 Å². The second-order valence-corrected chi connectivity index (χ2v) is 3.80. The molecular formula is C12H16O4. The monoisotopic (exact) mass is 224 g/mol. The smallest absolute Gasteiger partial charge is 0.157 e. The van der Waals surface area contributed by atoms with Gasteiger partial charge < -0.3 is 19.3 Å². The maximum atomic E-state index is 9.15. The third-order valence-electron chi connectivity index (χ3n) is 2.58. The molecule has 1 aromatic carbocycles. The van der Waals surface area contributed by atoms with Gasteiger partial charge in [-0.3, -0.25) is 0 Å². The molecule has 1 N–H and O–H groups in total. The van der Waals surface area contributed by atoms with E-state index in [-0.39, 0.29) is 6.10 Å². The first kappa shape index (κ1) is 11.4. The highest BCUT2D eigenvalue weighted by molar-refractivity contribution is 5.26. The van der Waals surface area contributed by atoms with Gasteiger partial charge in [-0.15, -0.1) is 0 Å². The Labute approximate surface area is 94.8 Å². The second kappa shape index (κ2) is 5.30. The maximum absolute atomic E-state index is 9.15. The predicted octanol–water partition coefficient (Wildman–Crippen LogP) is 1.32. The molecular weight excluding hydrogens is 208 g/mol. The topological polar surface area (TPSA) is 47.9 Å². The highest BCUT2D eigenvalue weighted by atomic mass is 16.6. The first-order chi connectivity index (χ1) is 7.78. The lowest BCUT2D eigenvalue weighted by molar-refractivity contribution is -0.0602. The number of benzene rings is 1. The molecule has 4 heteroatoms. The van der Waals surface area contributed by atoms with Crippen LogP contribution in [0.5, 0.6) is 5.75 Å². The van der Waals surface area contributed by atoms with Gasteiger partial charge in [-0.05, 0) is 17.7 Å². The first-order valence-corrected chi connectivity index (χ1v) is 5.32. The van der Waals surface area contributed by atoms with E-state index in [1.165, 1.54) is 0 Å². The normalized spacial score (nSPS) is 24.6. The van der Waals surface area contributed by atoms with Crippen LogP contribution in [0, 0.1) is 0 Å². The Balaban J connectivity index is 1.80. The van der Waals surface area contributed by atoms with Gasteiger partial charge in [0.25, 0.3) is 0 Å². The Hall–Kier alpha value is -1.10. The SMILES string of the molecule is COc1ccc(CO[C@H]2COC(O)C2)cc1. The molecule has 1 unspecified atom stereocenters. The summed E-state index contributed by atoms with van der Waals surface area (Å²) in [5, 5.41) is 9.15. The fraction of sp³-hybridized carbons (Fsp3) is 0.500. The zero-order valence-electron chi connectivity index (χ0n) is 9.26. The van der Waals surface area contributed by atoms with Crippen molar-refractivity contribution in [2.24, 2.45) is 0 Å². The van der Waals surface area contributed by atoms with Crippen LogP contribution < -0.4 is 4.74 Å². The van der Waals surface area contributed by atoms with Crippen molar-refractivity contribution in [3.05, 3.63) is 29.8 Å². The number of ether oxygens (including phenoxy) is 3. The van der Waals surface area contributed by atoms with Gasteiger partial charge in [0, 0.05) is 6.42 Å². The minimum atomic E-state index is -0.666. The van der Waals surface area contributed by atoms with Crippen LogP contribution in [0.2, 0.25) is 0 Å². The lowest BCUT2D eigenvalue weighted by atomic mass is 10.2. The van der Waals surface area contributed by atoms with Crippen LogP contribution in [-0.4, -0.2) is 31.2 Å². The molecule has 1 aliphatic heterocycles. The van der Waals surface area contributed by atoms with E-state index in [0.717, 1.165) is 11.3 Å². The van der Waals surface area contributed by atoms with E-state index in [9.17, 15) is 0 Å². The van der Waals surface area contributed by atoms with Crippen LogP contribution in [0.3, 0.4) is 0 Å². The zero-order valence-corrected chi connectivity index (χ0v) is 9.26. The summed E-state index contributed by atoms with van der Waals surface area (Å²) in [6, 6.07) is 7.73. The van der Waals surface area contributed by atoms with Crippen LogP contribution in [-0.2, 0) is 16.1 Å². The van der Waals surface area contributed by atoms with Gasteiger partial charge >= 0.3 is 0 Å². The molecule has 16 heavy (non-hydrogen) atoms. The van der Waals surface area contributed by atoms with E-state index in [4.69, 9.17) is 19.3 Å². The van der Waals surface area contributed by atoms with Crippen LogP contribution in [0.15, 0.2) is 24.3 Å². The van der Waals surface area contributed by atoms with E-state index in [0.29, 0.717) is 19.6 Å². The number of aliphatic hydroxyl groups excluding tert-OH is 1. The molecule has 1 aliphatic rings. The lowest BCUT2D eigenvalue weighted by Gasteiger charge is -2.09. The molecule has 1 heterocycles. The Kier molecular flexibility index (Phi) is 3.77. The molecule has 0 aliphatic carbocycles. The predicted molar refractivity (Wildman–Crippen MR) is 58.1 cm³/mol. The molecule has 88 valence electrons. The third-order valence-corrected chi connectivity index (χ3v) is 2.58. The summed E-state index contributed by atoms with van der Waals surface area (Å²) in [6.45, 7) is 1.00. The molecule has 1 aromatic rings. The van der Waals surface area contributed by atoms with Gasteiger partial charge in [0.1, 0.15) is 5.75 Å². The summed E-state index contributed by atoms with van der Waals surface area (Å²) in [4.78, 5) is 0. The molecule has 1 saturated heterocycles. The zero-order chi connectivity index (χ0) is 11.4. The fourth-order valence-electron chi connectivity index (χ4n) is 1.63. The summed E-state index contributed by atoms with van der Waals surface area (Å²) in [5.74, 6) is 0.836. The van der Waals surface area contributed by atoms with Crippen molar-refractivity contribution in [1.82, 2.24) is 0 Å². The van der Waals surface area contributed by atoms with Crippen LogP contribution in [0.1, 0.15) is 12.0 Å². The Morgan fingerprint density at radius 1 is 1.38 bits per heavy atom. The number of hydrogen-bond donors (Lipinski definition) is 1. The number of aliphatic hydroxyl groups is 1. The Morgan fingerprint density at radius 2 is 2.12 bits per heavy atom. The summed E-state index contributed by atoms with van der Waals surface area (Å²) in [6.07, 6.45) is -0.117. The number of rotatable bonds is 4. The summed E-state index contributed by atoms with van der Waals surface area (Å²) in [7, 11) is 1.64. The standard InChI is InChI=1S/C12H16O4/c1-14-10-4-2-9(3-5-10)7-15-11-6-12(13)16-8-11/h2-5,11-13H,6-8H2,1H3/t11-,12?/m1/s1. The minimum Gasteiger partial charge on any atom is -0.497 e. The molecule has 0 saturated carbocycles. The molecule has 1 fully saturated rings. The van der Waals surface area contributed by atoms with Crippen molar-refractivity contribution in [3.8, 4) is 5.75 Å². The largest absolute Gasteiger partial charge is 0.497 e. The van der Waals surface area contributed by atoms with Crippen molar-refractivity contribution in [1.29, 1.82) is 0 Å². The van der Waals surface area contributed by atoms with Crippen molar-refractivity contribution in [3.63, 3.8) is 0 Å². The van der Waals surface area contributed by atoms with E-state index >= 15 is 0 Å². The van der Waals surface area contributed by atoms with E-state index in [2.05, 4.69) is 0 Å². The van der Waals surface area contributed by atoms with Crippen molar-refractivity contribution in [2.75, 3.05) is 13.7 Å². The second-order valence-electron chi connectivity index (χ2n) is 3.80. The summed E-state index contributed by atoms with van der Waals surface area (Å²) < 4.78 is 15.7. The summed E-state index contributed by atoms with van der Waals surface area (Å²) in [5.41, 5.74) is 1.09. The van der Waals surface area contributed by atoms with Gasteiger partial charge in [0.2, 0.25) is 0 Å². The minimum absolute atomic E-state index is 0.00268. The molecule has 0 bridgehead atoms. The maximum Gasteiger partial charge on any atom is 0.157 e. The molecule has 0 spiro atoms. The average molecular weight is 224 g/mol. The third kappa shape index (κ3) is 2.95. The molecule has 0 radical (unpaired) electrons. The van der Waals surface area contributed by atoms with Gasteiger partial charge in [-0.1, -0.05) is 12.1 Å². The van der Waals surface area contributed by atoms with Crippen LogP contribution in [0.4, 0.5) is 0 Å². The number of hydrogen-bond acceptors (Lipinski definition) is 4. The van der Waals surface area contributed by atoms with Crippen LogP contribution >= 0.6 is 0 Å². The van der Waals surface area contributed by atoms with Crippen molar-refractivity contribution >= 4 is 0 Å². The van der Waals surface area contributed by atoms with Crippen molar-refractivity contribution < 1.29 is 19.3 Å². The molecule has 0 aromatic heterocycles. The van der Waals surface area contributed by atoms with Crippen LogP contribution in [0.25, 0.3) is 0 Å². The van der Waals surface area contributed by atoms with E-state index in [1.54, 1.807) is 7.11 Å². The molecule has 2 rings (SSSR count). The molecule has 4 nitrogen and oxygen atoms in total. The van der Waals surface area contributed by atoms with E-state index in [1.807, 2.05) is 24.3 Å². The summed E-state index contributed by atoms with van der Waals surface area (Å²) >= 11 is 0. The quantitative estimate of drug-likeness (QED) is 0.838. The molecule has 0 amide bonds. The Morgan fingerprint density at radius 3 is 2.69 bits per heavy atom. The van der Waals surface area contributed by atoms with Gasteiger partial charge in [0.05, 0.1) is 26.4 Å². The molecule has 2 atom stereocenters. The van der Waals surface area contributed by atoms with Gasteiger partial charge in [-0.2, -0.15) is 0 Å².